The number of nitrogens with two attached hydrogens (primary N) is 1. The molecule has 0 heterocycles. The first-order valence-electron chi connectivity index (χ1n) is 8.24. The first-order valence-corrected chi connectivity index (χ1v) is 9.79. The van der Waals surface area contributed by atoms with Crippen molar-refractivity contribution >= 4 is 21.7 Å². The number of unbranched alkanes of at least 4 members (excludes halogenated alkanes) is 3. The number of benzene rings is 1. The number of rotatable bonds is 12. The molecule has 1 aromatic carbocycles. The van der Waals surface area contributed by atoms with E-state index in [2.05, 4.69) is 0 Å². The van der Waals surface area contributed by atoms with E-state index >= 15 is 0 Å². The molecule has 0 bridgehead atoms. The molecule has 4 N–H and O–H groups in total. The Kier molecular flexibility index (Phi) is 8.57. The molecule has 0 radical (unpaired) electrons. The van der Waals surface area contributed by atoms with Gasteiger partial charge in [-0.15, -0.1) is 0 Å². The standard InChI is InChI=1S/C17H25NO6S/c18-15(19)5-3-1-2-4-6-17(22)25(23,24)14-10-7-13(8-11-14)9-12-16(20)21/h7-8,10-11,17,22H,1-6,9,12H2,(H2,18,19)(H,20,21). The van der Waals surface area contributed by atoms with Gasteiger partial charge in [0.25, 0.3) is 0 Å². The molecule has 25 heavy (non-hydrogen) atoms. The van der Waals surface area contributed by atoms with Gasteiger partial charge in [0.2, 0.25) is 15.7 Å². The second-order valence-corrected chi connectivity index (χ2v) is 8.06. The minimum absolute atomic E-state index is 0.0211. The minimum Gasteiger partial charge on any atom is -0.481 e. The summed E-state index contributed by atoms with van der Waals surface area (Å²) in [5, 5.41) is 18.6. The third-order valence-corrected chi connectivity index (χ3v) is 5.74. The van der Waals surface area contributed by atoms with E-state index in [0.717, 1.165) is 12.0 Å². The maximum atomic E-state index is 12.3. The fourth-order valence-electron chi connectivity index (χ4n) is 2.38. The van der Waals surface area contributed by atoms with Crippen molar-refractivity contribution in [3.63, 3.8) is 0 Å². The summed E-state index contributed by atoms with van der Waals surface area (Å²) in [4.78, 5) is 21.2. The Morgan fingerprint density at radius 1 is 1.00 bits per heavy atom. The van der Waals surface area contributed by atoms with E-state index in [4.69, 9.17) is 10.8 Å². The molecule has 1 rings (SSSR count). The van der Waals surface area contributed by atoms with E-state index in [9.17, 15) is 23.1 Å². The first kappa shape index (κ1) is 21.1. The van der Waals surface area contributed by atoms with Gasteiger partial charge in [0.15, 0.2) is 5.44 Å². The van der Waals surface area contributed by atoms with Crippen LogP contribution in [0.3, 0.4) is 0 Å². The lowest BCUT2D eigenvalue weighted by Gasteiger charge is -2.12. The molecule has 0 spiro atoms. The molecule has 0 aliphatic carbocycles. The highest BCUT2D eigenvalue weighted by molar-refractivity contribution is 7.91. The van der Waals surface area contributed by atoms with Crippen LogP contribution in [-0.2, 0) is 25.8 Å². The average molecular weight is 371 g/mol. The van der Waals surface area contributed by atoms with E-state index in [1.807, 2.05) is 0 Å². The summed E-state index contributed by atoms with van der Waals surface area (Å²) in [7, 11) is -3.83. The minimum atomic E-state index is -3.83. The lowest BCUT2D eigenvalue weighted by molar-refractivity contribution is -0.137. The summed E-state index contributed by atoms with van der Waals surface area (Å²) in [5.74, 6) is -1.27. The molecular formula is C17H25NO6S. The number of carboxylic acid groups (broad SMARTS) is 1. The number of carboxylic acids is 1. The Labute approximate surface area is 147 Å². The lowest BCUT2D eigenvalue weighted by Crippen LogP contribution is -2.21. The highest BCUT2D eigenvalue weighted by atomic mass is 32.2. The summed E-state index contributed by atoms with van der Waals surface area (Å²) in [5.41, 5.74) is 4.28. The van der Waals surface area contributed by atoms with Crippen molar-refractivity contribution in [2.75, 3.05) is 0 Å². The Hall–Kier alpha value is -1.93. The second kappa shape index (κ2) is 10.1. The van der Waals surface area contributed by atoms with Gasteiger partial charge in [-0.2, -0.15) is 0 Å². The number of aliphatic hydroxyl groups is 1. The van der Waals surface area contributed by atoms with Gasteiger partial charge in [-0.1, -0.05) is 25.0 Å². The molecule has 0 aromatic heterocycles. The molecule has 1 aromatic rings. The Morgan fingerprint density at radius 2 is 1.60 bits per heavy atom. The fraction of sp³-hybridized carbons (Fsp3) is 0.529. The third-order valence-electron chi connectivity index (χ3n) is 3.86. The number of primary amides is 1. The van der Waals surface area contributed by atoms with Gasteiger partial charge in [0.1, 0.15) is 0 Å². The topological polar surface area (TPSA) is 135 Å². The molecule has 1 amide bonds. The number of sulfone groups is 1. The van der Waals surface area contributed by atoms with Crippen molar-refractivity contribution in [2.45, 2.75) is 61.7 Å². The third kappa shape index (κ3) is 7.66. The van der Waals surface area contributed by atoms with Crippen LogP contribution in [0.2, 0.25) is 0 Å². The number of carbonyl (C=O) groups excluding carboxylic acids is 1. The predicted molar refractivity (Wildman–Crippen MR) is 92.5 cm³/mol. The molecule has 0 saturated carbocycles. The van der Waals surface area contributed by atoms with Crippen LogP contribution < -0.4 is 5.73 Å². The van der Waals surface area contributed by atoms with Gasteiger partial charge >= 0.3 is 5.97 Å². The van der Waals surface area contributed by atoms with Crippen LogP contribution in [0.5, 0.6) is 0 Å². The summed E-state index contributed by atoms with van der Waals surface area (Å²) in [6, 6.07) is 5.91. The van der Waals surface area contributed by atoms with Crippen molar-refractivity contribution in [3.05, 3.63) is 29.8 Å². The number of aryl methyl sites for hydroxylation is 1. The number of aliphatic carboxylic acids is 1. The normalized spacial score (nSPS) is 12.7. The van der Waals surface area contributed by atoms with Crippen LogP contribution >= 0.6 is 0 Å². The zero-order valence-corrected chi connectivity index (χ0v) is 14.9. The van der Waals surface area contributed by atoms with Gasteiger partial charge in [-0.3, -0.25) is 9.59 Å². The largest absolute Gasteiger partial charge is 0.481 e. The average Bonchev–Trinajstić information content (AvgIpc) is 2.55. The quantitative estimate of drug-likeness (QED) is 0.478. The SMILES string of the molecule is NC(=O)CCCCCCC(O)S(=O)(=O)c1ccc(CCC(=O)O)cc1. The Morgan fingerprint density at radius 3 is 2.16 bits per heavy atom. The Balaban J connectivity index is 2.49. The Bertz CT molecular complexity index is 669. The summed E-state index contributed by atoms with van der Waals surface area (Å²) in [6.07, 6.45) is 3.41. The fourth-order valence-corrected chi connectivity index (χ4v) is 3.69. The summed E-state index contributed by atoms with van der Waals surface area (Å²) >= 11 is 0. The van der Waals surface area contributed by atoms with Crippen molar-refractivity contribution < 1.29 is 28.2 Å². The van der Waals surface area contributed by atoms with Crippen LogP contribution in [0.4, 0.5) is 0 Å². The van der Waals surface area contributed by atoms with Crippen molar-refractivity contribution in [2.24, 2.45) is 5.73 Å². The van der Waals surface area contributed by atoms with E-state index in [1.165, 1.54) is 12.1 Å². The number of hydrogen-bond donors (Lipinski definition) is 3. The van der Waals surface area contributed by atoms with E-state index in [0.29, 0.717) is 32.1 Å². The van der Waals surface area contributed by atoms with Crippen LogP contribution in [0, 0.1) is 0 Å². The maximum absolute atomic E-state index is 12.3. The van der Waals surface area contributed by atoms with Gasteiger partial charge in [0, 0.05) is 12.8 Å². The molecule has 0 aliphatic heterocycles. The van der Waals surface area contributed by atoms with Crippen LogP contribution in [-0.4, -0.2) is 35.9 Å². The van der Waals surface area contributed by atoms with E-state index < -0.39 is 21.2 Å². The zero-order valence-electron chi connectivity index (χ0n) is 14.1. The van der Waals surface area contributed by atoms with E-state index in [-0.39, 0.29) is 23.6 Å². The predicted octanol–water partition coefficient (Wildman–Crippen LogP) is 1.62. The molecule has 8 heteroatoms. The second-order valence-electron chi connectivity index (χ2n) is 5.96. The number of aliphatic hydroxyl groups excluding tert-OH is 1. The molecule has 7 nitrogen and oxygen atoms in total. The summed E-state index contributed by atoms with van der Waals surface area (Å²) < 4.78 is 24.6. The smallest absolute Gasteiger partial charge is 0.303 e. The monoisotopic (exact) mass is 371 g/mol. The van der Waals surface area contributed by atoms with Gasteiger partial charge in [0.05, 0.1) is 4.90 Å². The van der Waals surface area contributed by atoms with Gasteiger partial charge in [-0.25, -0.2) is 8.42 Å². The van der Waals surface area contributed by atoms with Crippen LogP contribution in [0.1, 0.15) is 50.5 Å². The molecule has 0 fully saturated rings. The molecule has 0 saturated heterocycles. The molecule has 0 aliphatic rings. The molecule has 1 atom stereocenters. The maximum Gasteiger partial charge on any atom is 0.303 e. The van der Waals surface area contributed by atoms with Crippen molar-refractivity contribution in [1.29, 1.82) is 0 Å². The highest BCUT2D eigenvalue weighted by Gasteiger charge is 2.24. The van der Waals surface area contributed by atoms with E-state index in [1.54, 1.807) is 12.1 Å². The number of amides is 1. The molecule has 1 unspecified atom stereocenters. The first-order chi connectivity index (χ1) is 11.7. The lowest BCUT2D eigenvalue weighted by atomic mass is 10.1. The van der Waals surface area contributed by atoms with Crippen LogP contribution in [0.25, 0.3) is 0 Å². The van der Waals surface area contributed by atoms with Crippen molar-refractivity contribution in [1.82, 2.24) is 0 Å². The van der Waals surface area contributed by atoms with Crippen molar-refractivity contribution in [3.8, 4) is 0 Å². The van der Waals surface area contributed by atoms with Crippen LogP contribution in [0.15, 0.2) is 29.2 Å². The highest BCUT2D eigenvalue weighted by Crippen LogP contribution is 2.20. The zero-order chi connectivity index (χ0) is 18.9. The molecule has 140 valence electrons. The van der Waals surface area contributed by atoms with Gasteiger partial charge in [-0.05, 0) is 43.4 Å². The number of carbonyl (C=O) groups is 2. The molecular weight excluding hydrogens is 346 g/mol. The van der Waals surface area contributed by atoms with Gasteiger partial charge < -0.3 is 15.9 Å². The summed E-state index contributed by atoms with van der Waals surface area (Å²) in [6.45, 7) is 0. The number of hydrogen-bond acceptors (Lipinski definition) is 5.